The number of likely N-dealkylation sites (tertiary alicyclic amines) is 1. The molecule has 2 aromatic rings. The monoisotopic (exact) mass is 357 g/mol. The lowest BCUT2D eigenvalue weighted by Crippen LogP contribution is -2.40. The summed E-state index contributed by atoms with van der Waals surface area (Å²) in [6.07, 6.45) is 5.16. The standard InChI is InChI=1S/C20H27N3O3/c1-13(2)4-5-16-12-14(3)18(20(25)26-16)19(24)23-10-7-15(8-11-23)17-6-9-21-22-17/h6,9,12-13,15H,4-5,7-8,10-11H2,1-3H3,(H,21,22). The fourth-order valence-electron chi connectivity index (χ4n) is 3.53. The molecule has 1 fully saturated rings. The number of hydrogen-bond acceptors (Lipinski definition) is 4. The van der Waals surface area contributed by atoms with Crippen LogP contribution in [0.5, 0.6) is 0 Å². The Kier molecular flexibility index (Phi) is 5.59. The number of piperidine rings is 1. The van der Waals surface area contributed by atoms with E-state index in [-0.39, 0.29) is 11.5 Å². The number of carbonyl (C=O) groups is 1. The van der Waals surface area contributed by atoms with Crippen LogP contribution in [0.3, 0.4) is 0 Å². The molecule has 3 rings (SSSR count). The number of aryl methyl sites for hydroxylation is 2. The van der Waals surface area contributed by atoms with Gasteiger partial charge in [0, 0.05) is 37.3 Å². The van der Waals surface area contributed by atoms with Crippen molar-refractivity contribution in [1.82, 2.24) is 15.1 Å². The van der Waals surface area contributed by atoms with Crippen LogP contribution in [0.15, 0.2) is 27.5 Å². The molecule has 0 atom stereocenters. The first-order valence-corrected chi connectivity index (χ1v) is 9.38. The summed E-state index contributed by atoms with van der Waals surface area (Å²) in [5, 5.41) is 7.01. The third-order valence-electron chi connectivity index (χ3n) is 5.13. The van der Waals surface area contributed by atoms with Crippen LogP contribution in [0.2, 0.25) is 0 Å². The molecule has 0 aliphatic carbocycles. The van der Waals surface area contributed by atoms with Crippen LogP contribution in [-0.2, 0) is 6.42 Å². The molecule has 0 saturated carbocycles. The smallest absolute Gasteiger partial charge is 0.349 e. The molecule has 1 N–H and O–H groups in total. The number of nitrogens with zero attached hydrogens (tertiary/aromatic N) is 2. The number of nitrogens with one attached hydrogen (secondary N) is 1. The number of H-pyrrole nitrogens is 1. The maximum Gasteiger partial charge on any atom is 0.349 e. The summed E-state index contributed by atoms with van der Waals surface area (Å²) >= 11 is 0. The van der Waals surface area contributed by atoms with Crippen molar-refractivity contribution < 1.29 is 9.21 Å². The van der Waals surface area contributed by atoms with Crippen LogP contribution in [-0.4, -0.2) is 34.1 Å². The molecule has 0 radical (unpaired) electrons. The minimum absolute atomic E-state index is 0.179. The molecule has 0 spiro atoms. The molecule has 3 heterocycles. The summed E-state index contributed by atoms with van der Waals surface area (Å²) in [6.45, 7) is 7.36. The first-order chi connectivity index (χ1) is 12.5. The molecular weight excluding hydrogens is 330 g/mol. The zero-order valence-corrected chi connectivity index (χ0v) is 15.7. The molecule has 1 saturated heterocycles. The zero-order chi connectivity index (χ0) is 18.7. The number of aromatic amines is 1. The zero-order valence-electron chi connectivity index (χ0n) is 15.7. The third-order valence-corrected chi connectivity index (χ3v) is 5.13. The predicted octanol–water partition coefficient (Wildman–Crippen LogP) is 3.28. The van der Waals surface area contributed by atoms with Crippen LogP contribution in [0.4, 0.5) is 0 Å². The van der Waals surface area contributed by atoms with Crippen LogP contribution in [0.1, 0.15) is 66.4 Å². The van der Waals surface area contributed by atoms with Gasteiger partial charge >= 0.3 is 5.63 Å². The summed E-state index contributed by atoms with van der Waals surface area (Å²) in [5.41, 5.74) is 1.49. The minimum atomic E-state index is -0.510. The first-order valence-electron chi connectivity index (χ1n) is 9.38. The van der Waals surface area contributed by atoms with Crippen molar-refractivity contribution in [2.24, 2.45) is 5.92 Å². The van der Waals surface area contributed by atoms with Gasteiger partial charge in [0.2, 0.25) is 0 Å². The minimum Gasteiger partial charge on any atom is -0.427 e. The maximum atomic E-state index is 12.9. The molecule has 0 unspecified atom stereocenters. The van der Waals surface area contributed by atoms with E-state index in [2.05, 4.69) is 24.0 Å². The fourth-order valence-corrected chi connectivity index (χ4v) is 3.53. The SMILES string of the molecule is Cc1cc(CCC(C)C)oc(=O)c1C(=O)N1CCC(c2ccn[nH]2)CC1. The predicted molar refractivity (Wildman–Crippen MR) is 99.3 cm³/mol. The Hall–Kier alpha value is -2.37. The number of carbonyl (C=O) groups excluding carboxylic acids is 1. The second kappa shape index (κ2) is 7.89. The Morgan fingerprint density at radius 3 is 2.69 bits per heavy atom. The van der Waals surface area contributed by atoms with Gasteiger partial charge in [-0.3, -0.25) is 9.89 Å². The normalized spacial score (nSPS) is 15.6. The molecule has 1 aliphatic rings. The number of hydrogen-bond donors (Lipinski definition) is 1. The van der Waals surface area contributed by atoms with Gasteiger partial charge in [-0.15, -0.1) is 0 Å². The van der Waals surface area contributed by atoms with E-state index < -0.39 is 5.63 Å². The van der Waals surface area contributed by atoms with E-state index in [0.29, 0.717) is 36.2 Å². The van der Waals surface area contributed by atoms with Crippen LogP contribution >= 0.6 is 0 Å². The Morgan fingerprint density at radius 2 is 2.12 bits per heavy atom. The Bertz CT molecular complexity index is 800. The van der Waals surface area contributed by atoms with E-state index in [1.54, 1.807) is 11.1 Å². The highest BCUT2D eigenvalue weighted by molar-refractivity contribution is 5.95. The molecule has 0 aromatic carbocycles. The highest BCUT2D eigenvalue weighted by Gasteiger charge is 2.28. The van der Waals surface area contributed by atoms with Crippen molar-refractivity contribution in [3.8, 4) is 0 Å². The van der Waals surface area contributed by atoms with Crippen molar-refractivity contribution in [2.45, 2.75) is 52.4 Å². The van der Waals surface area contributed by atoms with Gasteiger partial charge in [-0.2, -0.15) is 5.10 Å². The van der Waals surface area contributed by atoms with Gasteiger partial charge in [0.25, 0.3) is 5.91 Å². The van der Waals surface area contributed by atoms with E-state index in [4.69, 9.17) is 4.42 Å². The summed E-state index contributed by atoms with van der Waals surface area (Å²) in [4.78, 5) is 27.0. The topological polar surface area (TPSA) is 79.2 Å². The van der Waals surface area contributed by atoms with Crippen LogP contribution in [0, 0.1) is 12.8 Å². The van der Waals surface area contributed by atoms with Gasteiger partial charge in [0.1, 0.15) is 11.3 Å². The maximum absolute atomic E-state index is 12.9. The Balaban J connectivity index is 1.69. The van der Waals surface area contributed by atoms with Crippen molar-refractivity contribution in [1.29, 1.82) is 0 Å². The third kappa shape index (κ3) is 4.06. The lowest BCUT2D eigenvalue weighted by Gasteiger charge is -2.31. The highest BCUT2D eigenvalue weighted by Crippen LogP contribution is 2.27. The Morgan fingerprint density at radius 1 is 1.38 bits per heavy atom. The van der Waals surface area contributed by atoms with E-state index in [1.165, 1.54) is 0 Å². The van der Waals surface area contributed by atoms with Gasteiger partial charge in [-0.25, -0.2) is 4.79 Å². The van der Waals surface area contributed by atoms with E-state index in [0.717, 1.165) is 31.4 Å². The quantitative estimate of drug-likeness (QED) is 0.890. The fraction of sp³-hybridized carbons (Fsp3) is 0.550. The van der Waals surface area contributed by atoms with Gasteiger partial charge < -0.3 is 9.32 Å². The molecule has 26 heavy (non-hydrogen) atoms. The van der Waals surface area contributed by atoms with Crippen LogP contribution in [0.25, 0.3) is 0 Å². The van der Waals surface area contributed by atoms with Gasteiger partial charge in [0.15, 0.2) is 0 Å². The summed E-state index contributed by atoms with van der Waals surface area (Å²) in [6, 6.07) is 3.82. The molecule has 140 valence electrons. The van der Waals surface area contributed by atoms with Crippen LogP contribution < -0.4 is 5.63 Å². The van der Waals surface area contributed by atoms with Crippen molar-refractivity contribution in [3.63, 3.8) is 0 Å². The molecule has 6 nitrogen and oxygen atoms in total. The molecular formula is C20H27N3O3. The summed E-state index contributed by atoms with van der Waals surface area (Å²) < 4.78 is 5.42. The van der Waals surface area contributed by atoms with Crippen molar-refractivity contribution >= 4 is 5.91 Å². The second-order valence-electron chi connectivity index (χ2n) is 7.57. The number of amides is 1. The van der Waals surface area contributed by atoms with E-state index >= 15 is 0 Å². The molecule has 0 bridgehead atoms. The number of aromatic nitrogens is 2. The van der Waals surface area contributed by atoms with E-state index in [1.807, 2.05) is 19.1 Å². The van der Waals surface area contributed by atoms with E-state index in [9.17, 15) is 9.59 Å². The highest BCUT2D eigenvalue weighted by atomic mass is 16.4. The lowest BCUT2D eigenvalue weighted by atomic mass is 9.93. The Labute approximate surface area is 153 Å². The van der Waals surface area contributed by atoms with Gasteiger partial charge in [0.05, 0.1) is 0 Å². The largest absolute Gasteiger partial charge is 0.427 e. The average Bonchev–Trinajstić information content (AvgIpc) is 3.14. The van der Waals surface area contributed by atoms with Crippen molar-refractivity contribution in [2.75, 3.05) is 13.1 Å². The summed E-state index contributed by atoms with van der Waals surface area (Å²) in [7, 11) is 0. The van der Waals surface area contributed by atoms with Gasteiger partial charge in [-0.1, -0.05) is 13.8 Å². The number of rotatable bonds is 5. The molecule has 2 aromatic heterocycles. The molecule has 6 heteroatoms. The first kappa shape index (κ1) is 18.4. The second-order valence-corrected chi connectivity index (χ2v) is 7.57. The molecule has 1 aliphatic heterocycles. The lowest BCUT2D eigenvalue weighted by molar-refractivity contribution is 0.0706. The average molecular weight is 357 g/mol. The van der Waals surface area contributed by atoms with Crippen molar-refractivity contribution in [3.05, 3.63) is 51.3 Å². The molecule has 1 amide bonds. The summed E-state index contributed by atoms with van der Waals surface area (Å²) in [5.74, 6) is 1.38. The van der Waals surface area contributed by atoms with Gasteiger partial charge in [-0.05, 0) is 49.8 Å².